The molecule has 0 aromatic carbocycles. The quantitative estimate of drug-likeness (QED) is 0.563. The Labute approximate surface area is 105 Å². The van der Waals surface area contributed by atoms with Crippen LogP contribution in [0.1, 0.15) is 25.7 Å². The number of carbonyl (C=O) groups is 2. The fourth-order valence-corrected chi connectivity index (χ4v) is 0.552. The van der Waals surface area contributed by atoms with Crippen molar-refractivity contribution < 1.29 is 19.8 Å². The fraction of sp³-hybridized carbons (Fsp3) is 0.667. The molecule has 0 fully saturated rings. The van der Waals surface area contributed by atoms with Crippen LogP contribution in [0.25, 0.3) is 0 Å². The van der Waals surface area contributed by atoms with Crippen LogP contribution in [0.3, 0.4) is 0 Å². The second-order valence-corrected chi connectivity index (χ2v) is 1.99. The van der Waals surface area contributed by atoms with Crippen molar-refractivity contribution in [1.29, 1.82) is 0 Å². The maximum atomic E-state index is 9.90. The van der Waals surface area contributed by atoms with Gasteiger partial charge in [0.1, 0.15) is 0 Å². The summed E-state index contributed by atoms with van der Waals surface area (Å²) >= 11 is 0. The molecule has 0 aliphatic carbocycles. The zero-order chi connectivity index (χ0) is 7.98. The predicted molar refractivity (Wildman–Crippen MR) is 39.5 cm³/mol. The largest absolute Gasteiger partial charge is 0.481 e. The van der Waals surface area contributed by atoms with Gasteiger partial charge < -0.3 is 10.2 Å². The third-order valence-electron chi connectivity index (χ3n) is 1.03. The summed E-state index contributed by atoms with van der Waals surface area (Å²) in [6.45, 7) is 0. The summed E-state index contributed by atoms with van der Waals surface area (Å²) in [7, 11) is 0. The SMILES string of the molecule is O=C(O)CCCCC(=O)O.[Ba]. The van der Waals surface area contributed by atoms with Gasteiger partial charge in [-0.25, -0.2) is 0 Å². The fourth-order valence-electron chi connectivity index (χ4n) is 0.552. The van der Waals surface area contributed by atoms with E-state index in [1.165, 1.54) is 0 Å². The molecule has 0 aliphatic rings. The van der Waals surface area contributed by atoms with Crippen molar-refractivity contribution in [3.8, 4) is 0 Å². The third-order valence-corrected chi connectivity index (χ3v) is 1.03. The molecule has 0 aromatic rings. The minimum absolute atomic E-state index is 0. The Balaban J connectivity index is 0. The number of aliphatic carboxylic acids is 2. The Bertz CT molecular complexity index is 119. The molecule has 0 aromatic heterocycles. The Hall–Kier alpha value is 0.511. The van der Waals surface area contributed by atoms with Crippen molar-refractivity contribution in [3.63, 3.8) is 0 Å². The molecule has 4 nitrogen and oxygen atoms in total. The van der Waals surface area contributed by atoms with Gasteiger partial charge in [-0.2, -0.15) is 0 Å². The molecule has 0 saturated carbocycles. The van der Waals surface area contributed by atoms with Crippen LogP contribution in [0.15, 0.2) is 0 Å². The molecule has 0 spiro atoms. The first-order valence-corrected chi connectivity index (χ1v) is 3.06. The van der Waals surface area contributed by atoms with Crippen molar-refractivity contribution in [2.75, 3.05) is 0 Å². The molecule has 0 bridgehead atoms. The van der Waals surface area contributed by atoms with E-state index < -0.39 is 11.9 Å². The van der Waals surface area contributed by atoms with Crippen LogP contribution in [-0.2, 0) is 9.59 Å². The molecule has 0 amide bonds. The molecule has 0 atom stereocenters. The number of carboxylic acids is 2. The molecule has 11 heavy (non-hydrogen) atoms. The molecule has 2 radical (unpaired) electrons. The van der Waals surface area contributed by atoms with Gasteiger partial charge in [-0.05, 0) is 12.8 Å². The van der Waals surface area contributed by atoms with E-state index in [9.17, 15) is 9.59 Å². The molecular weight excluding hydrogens is 273 g/mol. The second-order valence-electron chi connectivity index (χ2n) is 1.99. The first kappa shape index (κ1) is 14.1. The zero-order valence-electron chi connectivity index (χ0n) is 6.25. The third kappa shape index (κ3) is 13.5. The average molecular weight is 283 g/mol. The van der Waals surface area contributed by atoms with E-state index in [2.05, 4.69) is 0 Å². The van der Waals surface area contributed by atoms with Crippen LogP contribution < -0.4 is 0 Å². The van der Waals surface area contributed by atoms with Crippen molar-refractivity contribution in [2.24, 2.45) is 0 Å². The molecule has 2 N–H and O–H groups in total. The molecular formula is C6H10BaO4. The number of unbranched alkanes of at least 4 members (excludes halogenated alkanes) is 1. The van der Waals surface area contributed by atoms with Crippen molar-refractivity contribution >= 4 is 60.8 Å². The monoisotopic (exact) mass is 284 g/mol. The summed E-state index contributed by atoms with van der Waals surface area (Å²) in [6.07, 6.45) is 1.02. The molecule has 0 heterocycles. The second kappa shape index (κ2) is 8.61. The van der Waals surface area contributed by atoms with E-state index in [1.54, 1.807) is 0 Å². The van der Waals surface area contributed by atoms with Gasteiger partial charge in [-0.3, -0.25) is 9.59 Å². The number of hydrogen-bond acceptors (Lipinski definition) is 2. The van der Waals surface area contributed by atoms with E-state index in [0.29, 0.717) is 12.8 Å². The number of carboxylic acid groups (broad SMARTS) is 2. The van der Waals surface area contributed by atoms with Gasteiger partial charge in [0.05, 0.1) is 0 Å². The summed E-state index contributed by atoms with van der Waals surface area (Å²) in [5.41, 5.74) is 0. The predicted octanol–water partition coefficient (Wildman–Crippen LogP) is 0.335. The Kier molecular flexibility index (Phi) is 11.0. The van der Waals surface area contributed by atoms with Crippen LogP contribution in [-0.4, -0.2) is 71.0 Å². The van der Waals surface area contributed by atoms with Crippen molar-refractivity contribution in [2.45, 2.75) is 25.7 Å². The van der Waals surface area contributed by atoms with E-state index in [4.69, 9.17) is 10.2 Å². The van der Waals surface area contributed by atoms with Crippen molar-refractivity contribution in [3.05, 3.63) is 0 Å². The first-order chi connectivity index (χ1) is 4.63. The van der Waals surface area contributed by atoms with Crippen LogP contribution in [0, 0.1) is 0 Å². The Morgan fingerprint density at radius 2 is 1.18 bits per heavy atom. The minimum atomic E-state index is -0.870. The summed E-state index contributed by atoms with van der Waals surface area (Å²) in [4.78, 5) is 19.8. The van der Waals surface area contributed by atoms with E-state index in [0.717, 1.165) is 0 Å². The minimum Gasteiger partial charge on any atom is -0.481 e. The zero-order valence-corrected chi connectivity index (χ0v) is 10.7. The van der Waals surface area contributed by atoms with Gasteiger partial charge in [0.2, 0.25) is 0 Å². The summed E-state index contributed by atoms with van der Waals surface area (Å²) in [5, 5.41) is 16.3. The maximum Gasteiger partial charge on any atom is 0.303 e. The topological polar surface area (TPSA) is 74.6 Å². The smallest absolute Gasteiger partial charge is 0.303 e. The van der Waals surface area contributed by atoms with Crippen LogP contribution in [0.5, 0.6) is 0 Å². The molecule has 0 unspecified atom stereocenters. The van der Waals surface area contributed by atoms with E-state index >= 15 is 0 Å². The van der Waals surface area contributed by atoms with Crippen LogP contribution in [0.2, 0.25) is 0 Å². The van der Waals surface area contributed by atoms with Crippen molar-refractivity contribution in [1.82, 2.24) is 0 Å². The summed E-state index contributed by atoms with van der Waals surface area (Å²) < 4.78 is 0. The molecule has 0 rings (SSSR count). The van der Waals surface area contributed by atoms with E-state index in [-0.39, 0.29) is 61.7 Å². The molecule has 5 heteroatoms. The van der Waals surface area contributed by atoms with Gasteiger partial charge in [-0.1, -0.05) is 0 Å². The summed E-state index contributed by atoms with van der Waals surface area (Å²) in [6, 6.07) is 0. The average Bonchev–Trinajstić information content (AvgIpc) is 1.79. The first-order valence-electron chi connectivity index (χ1n) is 3.06. The molecule has 60 valence electrons. The number of rotatable bonds is 5. The Morgan fingerprint density at radius 1 is 0.909 bits per heavy atom. The molecule has 0 aliphatic heterocycles. The maximum absolute atomic E-state index is 9.90. The van der Waals surface area contributed by atoms with Crippen LogP contribution >= 0.6 is 0 Å². The summed E-state index contributed by atoms with van der Waals surface area (Å²) in [5.74, 6) is -1.74. The molecule has 0 saturated heterocycles. The van der Waals surface area contributed by atoms with E-state index in [1.807, 2.05) is 0 Å². The number of hydrogen-bond donors (Lipinski definition) is 2. The Morgan fingerprint density at radius 3 is 1.36 bits per heavy atom. The van der Waals surface area contributed by atoms with Gasteiger partial charge in [0, 0.05) is 61.7 Å². The van der Waals surface area contributed by atoms with Gasteiger partial charge in [0.15, 0.2) is 0 Å². The standard InChI is InChI=1S/C6H10O4.Ba/c7-5(8)3-1-2-4-6(9)10;/h1-4H2,(H,7,8)(H,9,10);. The van der Waals surface area contributed by atoms with Gasteiger partial charge in [0.25, 0.3) is 0 Å². The van der Waals surface area contributed by atoms with Crippen LogP contribution in [0.4, 0.5) is 0 Å². The normalized spacial score (nSPS) is 8.36. The van der Waals surface area contributed by atoms with Gasteiger partial charge in [-0.15, -0.1) is 0 Å². The van der Waals surface area contributed by atoms with Gasteiger partial charge >= 0.3 is 11.9 Å².